The van der Waals surface area contributed by atoms with Gasteiger partial charge in [-0.3, -0.25) is 4.79 Å². The SMILES string of the molecule is CCOC(=O)c1ccc(NC(=O)Cc2ccc3oc(C)nc3c2)cc1. The minimum absolute atomic E-state index is 0.150. The number of amides is 1. The summed E-state index contributed by atoms with van der Waals surface area (Å²) in [6.45, 7) is 3.86. The van der Waals surface area contributed by atoms with E-state index in [9.17, 15) is 9.59 Å². The van der Waals surface area contributed by atoms with Crippen LogP contribution < -0.4 is 5.32 Å². The summed E-state index contributed by atoms with van der Waals surface area (Å²) in [5.74, 6) is 0.0679. The van der Waals surface area contributed by atoms with Crippen LogP contribution in [0, 0.1) is 6.92 Å². The standard InChI is InChI=1S/C19H18N2O4/c1-3-24-19(23)14-5-7-15(8-6-14)21-18(22)11-13-4-9-17-16(10-13)20-12(2)25-17/h4-10H,3,11H2,1-2H3,(H,21,22). The van der Waals surface area contributed by atoms with Crippen molar-refractivity contribution in [3.63, 3.8) is 0 Å². The van der Waals surface area contributed by atoms with Gasteiger partial charge in [0.25, 0.3) is 0 Å². The van der Waals surface area contributed by atoms with Crippen molar-refractivity contribution < 1.29 is 18.7 Å². The third kappa shape index (κ3) is 4.03. The zero-order chi connectivity index (χ0) is 17.8. The van der Waals surface area contributed by atoms with Crippen molar-refractivity contribution in [3.05, 3.63) is 59.5 Å². The maximum atomic E-state index is 12.2. The molecule has 6 heteroatoms. The molecule has 2 aromatic carbocycles. The number of fused-ring (bicyclic) bond motifs is 1. The quantitative estimate of drug-likeness (QED) is 0.720. The molecule has 128 valence electrons. The first-order chi connectivity index (χ1) is 12.0. The molecule has 0 saturated carbocycles. The minimum atomic E-state index is -0.378. The van der Waals surface area contributed by atoms with Gasteiger partial charge in [0.05, 0.1) is 18.6 Å². The van der Waals surface area contributed by atoms with E-state index in [1.807, 2.05) is 18.2 Å². The molecule has 1 amide bonds. The van der Waals surface area contributed by atoms with Crippen LogP contribution in [0.15, 0.2) is 46.9 Å². The third-order valence-electron chi connectivity index (χ3n) is 3.60. The van der Waals surface area contributed by atoms with Crippen LogP contribution in [0.3, 0.4) is 0 Å². The fourth-order valence-corrected chi connectivity index (χ4v) is 2.49. The molecule has 1 heterocycles. The molecular weight excluding hydrogens is 320 g/mol. The number of ether oxygens (including phenoxy) is 1. The lowest BCUT2D eigenvalue weighted by atomic mass is 10.1. The largest absolute Gasteiger partial charge is 0.462 e. The fraction of sp³-hybridized carbons (Fsp3) is 0.211. The Balaban J connectivity index is 1.64. The van der Waals surface area contributed by atoms with Gasteiger partial charge in [-0.05, 0) is 48.9 Å². The van der Waals surface area contributed by atoms with E-state index in [1.165, 1.54) is 0 Å². The second-order valence-corrected chi connectivity index (χ2v) is 5.56. The van der Waals surface area contributed by atoms with Crippen LogP contribution in [-0.4, -0.2) is 23.5 Å². The molecule has 0 bridgehead atoms. The van der Waals surface area contributed by atoms with Gasteiger partial charge in [-0.1, -0.05) is 6.07 Å². The highest BCUT2D eigenvalue weighted by molar-refractivity contribution is 5.94. The molecule has 6 nitrogen and oxygen atoms in total. The number of esters is 1. The monoisotopic (exact) mass is 338 g/mol. The predicted molar refractivity (Wildman–Crippen MR) is 93.5 cm³/mol. The smallest absolute Gasteiger partial charge is 0.338 e. The molecule has 0 saturated heterocycles. The molecule has 0 aliphatic rings. The van der Waals surface area contributed by atoms with Crippen LogP contribution >= 0.6 is 0 Å². The molecule has 0 atom stereocenters. The summed E-state index contributed by atoms with van der Waals surface area (Å²) in [6, 6.07) is 12.1. The molecule has 3 rings (SSSR count). The second-order valence-electron chi connectivity index (χ2n) is 5.56. The molecule has 0 radical (unpaired) electrons. The zero-order valence-corrected chi connectivity index (χ0v) is 14.0. The summed E-state index contributed by atoms with van der Waals surface area (Å²) in [6.07, 6.45) is 0.224. The molecule has 3 aromatic rings. The number of rotatable bonds is 5. The number of aromatic nitrogens is 1. The Morgan fingerprint density at radius 1 is 1.16 bits per heavy atom. The van der Waals surface area contributed by atoms with Crippen LogP contribution in [0.1, 0.15) is 28.7 Å². The Morgan fingerprint density at radius 2 is 1.92 bits per heavy atom. The number of carbonyl (C=O) groups is 2. The zero-order valence-electron chi connectivity index (χ0n) is 14.0. The van der Waals surface area contributed by atoms with Crippen LogP contribution in [0.4, 0.5) is 5.69 Å². The number of benzene rings is 2. The van der Waals surface area contributed by atoms with Gasteiger partial charge < -0.3 is 14.5 Å². The lowest BCUT2D eigenvalue weighted by molar-refractivity contribution is -0.115. The highest BCUT2D eigenvalue weighted by Crippen LogP contribution is 2.18. The first-order valence-electron chi connectivity index (χ1n) is 7.98. The second kappa shape index (κ2) is 7.17. The van der Waals surface area contributed by atoms with Crippen LogP contribution in [-0.2, 0) is 16.0 Å². The summed E-state index contributed by atoms with van der Waals surface area (Å²) in [5.41, 5.74) is 3.36. The molecular formula is C19H18N2O4. The Kier molecular flexibility index (Phi) is 4.79. The summed E-state index contributed by atoms with van der Waals surface area (Å²) in [4.78, 5) is 28.1. The molecule has 25 heavy (non-hydrogen) atoms. The van der Waals surface area contributed by atoms with Gasteiger partial charge in [-0.2, -0.15) is 0 Å². The van der Waals surface area contributed by atoms with Crippen LogP contribution in [0.25, 0.3) is 11.1 Å². The third-order valence-corrected chi connectivity index (χ3v) is 3.60. The number of oxazole rings is 1. The molecule has 0 aliphatic carbocycles. The Morgan fingerprint density at radius 3 is 2.64 bits per heavy atom. The summed E-state index contributed by atoms with van der Waals surface area (Å²) >= 11 is 0. The van der Waals surface area contributed by atoms with Gasteiger partial charge >= 0.3 is 5.97 Å². The minimum Gasteiger partial charge on any atom is -0.462 e. The first kappa shape index (κ1) is 16.7. The van der Waals surface area contributed by atoms with Gasteiger partial charge in [-0.15, -0.1) is 0 Å². The number of hydrogen-bond acceptors (Lipinski definition) is 5. The van der Waals surface area contributed by atoms with Gasteiger partial charge in [-0.25, -0.2) is 9.78 Å². The van der Waals surface area contributed by atoms with Gasteiger partial charge in [0.1, 0.15) is 5.52 Å². The van der Waals surface area contributed by atoms with E-state index in [-0.39, 0.29) is 18.3 Å². The molecule has 1 aromatic heterocycles. The average molecular weight is 338 g/mol. The van der Waals surface area contributed by atoms with Crippen molar-refractivity contribution in [2.75, 3.05) is 11.9 Å². The number of nitrogens with zero attached hydrogens (tertiary/aromatic N) is 1. The highest BCUT2D eigenvalue weighted by Gasteiger charge is 2.09. The lowest BCUT2D eigenvalue weighted by Gasteiger charge is -2.07. The topological polar surface area (TPSA) is 81.4 Å². The highest BCUT2D eigenvalue weighted by atomic mass is 16.5. The number of aryl methyl sites for hydroxylation is 1. The summed E-state index contributed by atoms with van der Waals surface area (Å²) in [5, 5.41) is 2.81. The number of anilines is 1. The van der Waals surface area contributed by atoms with E-state index >= 15 is 0 Å². The average Bonchev–Trinajstić information content (AvgIpc) is 2.95. The van der Waals surface area contributed by atoms with Gasteiger partial charge in [0.15, 0.2) is 11.5 Å². The van der Waals surface area contributed by atoms with Crippen molar-refractivity contribution in [2.24, 2.45) is 0 Å². The normalized spacial score (nSPS) is 10.6. The van der Waals surface area contributed by atoms with Crippen molar-refractivity contribution in [2.45, 2.75) is 20.3 Å². The van der Waals surface area contributed by atoms with E-state index in [2.05, 4.69) is 10.3 Å². The molecule has 0 fully saturated rings. The summed E-state index contributed by atoms with van der Waals surface area (Å²) < 4.78 is 10.3. The fourth-order valence-electron chi connectivity index (χ4n) is 2.49. The van der Waals surface area contributed by atoms with E-state index in [0.717, 1.165) is 11.1 Å². The lowest BCUT2D eigenvalue weighted by Crippen LogP contribution is -2.14. The van der Waals surface area contributed by atoms with Crippen LogP contribution in [0.5, 0.6) is 0 Å². The number of carbonyl (C=O) groups excluding carboxylic acids is 2. The van der Waals surface area contributed by atoms with Crippen molar-refractivity contribution in [1.29, 1.82) is 0 Å². The number of hydrogen-bond donors (Lipinski definition) is 1. The van der Waals surface area contributed by atoms with Gasteiger partial charge in [0, 0.05) is 12.6 Å². The van der Waals surface area contributed by atoms with Crippen LogP contribution in [0.2, 0.25) is 0 Å². The summed E-state index contributed by atoms with van der Waals surface area (Å²) in [7, 11) is 0. The van der Waals surface area contributed by atoms with Crippen molar-refractivity contribution in [1.82, 2.24) is 4.98 Å². The van der Waals surface area contributed by atoms with E-state index in [4.69, 9.17) is 9.15 Å². The van der Waals surface area contributed by atoms with E-state index in [1.54, 1.807) is 38.1 Å². The molecule has 0 unspecified atom stereocenters. The van der Waals surface area contributed by atoms with E-state index < -0.39 is 0 Å². The molecule has 0 aliphatic heterocycles. The predicted octanol–water partition coefficient (Wildman–Crippen LogP) is 3.49. The maximum absolute atomic E-state index is 12.2. The van der Waals surface area contributed by atoms with Crippen molar-refractivity contribution in [3.8, 4) is 0 Å². The number of nitrogens with one attached hydrogen (secondary N) is 1. The van der Waals surface area contributed by atoms with Crippen molar-refractivity contribution >= 4 is 28.7 Å². The Labute approximate surface area is 144 Å². The molecule has 0 spiro atoms. The Bertz CT molecular complexity index is 913. The first-order valence-corrected chi connectivity index (χ1v) is 7.98. The Hall–Kier alpha value is -3.15. The maximum Gasteiger partial charge on any atom is 0.338 e. The molecule has 1 N–H and O–H groups in total. The van der Waals surface area contributed by atoms with Gasteiger partial charge in [0.2, 0.25) is 5.91 Å². The van der Waals surface area contributed by atoms with E-state index in [0.29, 0.717) is 29.3 Å².